The van der Waals surface area contributed by atoms with Gasteiger partial charge < -0.3 is 4.90 Å². The first-order valence-electron chi connectivity index (χ1n) is 9.22. The van der Waals surface area contributed by atoms with Crippen molar-refractivity contribution in [2.24, 2.45) is 5.92 Å². The lowest BCUT2D eigenvalue weighted by atomic mass is 9.99. The van der Waals surface area contributed by atoms with Crippen molar-refractivity contribution >= 4 is 17.1 Å². The zero-order valence-corrected chi connectivity index (χ0v) is 15.3. The Labute approximate surface area is 156 Å². The molecular weight excluding hydrogens is 344 g/mol. The number of aromatic nitrogens is 5. The van der Waals surface area contributed by atoms with Crippen LogP contribution in [0, 0.1) is 5.92 Å². The normalized spacial score (nSPS) is 15.4. The molecule has 2 aromatic heterocycles. The number of carbonyl (C=O) groups is 1. The van der Waals surface area contributed by atoms with E-state index in [9.17, 15) is 9.59 Å². The Morgan fingerprint density at radius 2 is 1.93 bits per heavy atom. The van der Waals surface area contributed by atoms with Crippen LogP contribution in [0.5, 0.6) is 0 Å². The minimum Gasteiger partial charge on any atom is -0.341 e. The fourth-order valence-electron chi connectivity index (χ4n) is 3.37. The number of rotatable bonds is 4. The Bertz CT molecular complexity index is 1000. The Balaban J connectivity index is 1.54. The lowest BCUT2D eigenvalue weighted by Crippen LogP contribution is -2.41. The second-order valence-corrected chi connectivity index (χ2v) is 7.15. The van der Waals surface area contributed by atoms with Crippen molar-refractivity contribution in [2.75, 3.05) is 13.1 Å². The van der Waals surface area contributed by atoms with Crippen LogP contribution in [0.25, 0.3) is 11.2 Å². The topological polar surface area (TPSA) is 85.9 Å². The quantitative estimate of drug-likeness (QED) is 0.695. The molecule has 27 heavy (non-hydrogen) atoms. The molecule has 8 nitrogen and oxygen atoms in total. The van der Waals surface area contributed by atoms with Crippen LogP contribution in [-0.4, -0.2) is 48.4 Å². The van der Waals surface area contributed by atoms with E-state index >= 15 is 0 Å². The van der Waals surface area contributed by atoms with Gasteiger partial charge in [-0.15, -0.1) is 5.10 Å². The van der Waals surface area contributed by atoms with E-state index in [1.54, 1.807) is 4.68 Å². The SMILES string of the molecule is CC1CCN(C(=O)Cn2cnc3c(nnn3Cc3ccccc3)c2=O)CC1. The molecule has 4 rings (SSSR count). The van der Waals surface area contributed by atoms with Crippen molar-refractivity contribution in [3.05, 3.63) is 52.6 Å². The summed E-state index contributed by atoms with van der Waals surface area (Å²) in [5.74, 6) is 0.594. The van der Waals surface area contributed by atoms with E-state index in [1.807, 2.05) is 35.2 Å². The molecule has 140 valence electrons. The van der Waals surface area contributed by atoms with Gasteiger partial charge >= 0.3 is 0 Å². The molecule has 0 radical (unpaired) electrons. The van der Waals surface area contributed by atoms with Gasteiger partial charge in [-0.25, -0.2) is 9.67 Å². The number of hydrogen-bond donors (Lipinski definition) is 0. The smallest absolute Gasteiger partial charge is 0.283 e. The Morgan fingerprint density at radius 1 is 1.19 bits per heavy atom. The van der Waals surface area contributed by atoms with Crippen molar-refractivity contribution < 1.29 is 4.79 Å². The monoisotopic (exact) mass is 366 g/mol. The first kappa shape index (κ1) is 17.4. The number of amides is 1. The molecule has 0 unspecified atom stereocenters. The number of likely N-dealkylation sites (tertiary alicyclic amines) is 1. The van der Waals surface area contributed by atoms with E-state index in [-0.39, 0.29) is 23.5 Å². The highest BCUT2D eigenvalue weighted by Crippen LogP contribution is 2.16. The lowest BCUT2D eigenvalue weighted by Gasteiger charge is -2.30. The van der Waals surface area contributed by atoms with Gasteiger partial charge in [-0.05, 0) is 24.3 Å². The van der Waals surface area contributed by atoms with E-state index < -0.39 is 0 Å². The number of piperidine rings is 1. The van der Waals surface area contributed by atoms with Gasteiger partial charge in [0.05, 0.1) is 6.54 Å². The maximum absolute atomic E-state index is 12.7. The molecule has 0 saturated carbocycles. The summed E-state index contributed by atoms with van der Waals surface area (Å²) in [4.78, 5) is 31.4. The largest absolute Gasteiger partial charge is 0.341 e. The average Bonchev–Trinajstić information content (AvgIpc) is 3.09. The maximum atomic E-state index is 12.7. The summed E-state index contributed by atoms with van der Waals surface area (Å²) in [7, 11) is 0. The fourth-order valence-corrected chi connectivity index (χ4v) is 3.37. The molecule has 1 aliphatic rings. The predicted octanol–water partition coefficient (Wildman–Crippen LogP) is 1.29. The van der Waals surface area contributed by atoms with E-state index in [0.29, 0.717) is 18.1 Å². The average molecular weight is 366 g/mol. The molecule has 1 saturated heterocycles. The number of hydrogen-bond acceptors (Lipinski definition) is 5. The molecule has 0 spiro atoms. The summed E-state index contributed by atoms with van der Waals surface area (Å²) in [5, 5.41) is 8.06. The summed E-state index contributed by atoms with van der Waals surface area (Å²) in [6.45, 7) is 4.17. The van der Waals surface area contributed by atoms with Gasteiger partial charge in [0.15, 0.2) is 11.2 Å². The first-order valence-corrected chi connectivity index (χ1v) is 9.22. The Hall–Kier alpha value is -3.03. The van der Waals surface area contributed by atoms with Gasteiger partial charge in [-0.2, -0.15) is 0 Å². The molecule has 1 amide bonds. The van der Waals surface area contributed by atoms with Crippen LogP contribution < -0.4 is 5.56 Å². The third-order valence-corrected chi connectivity index (χ3v) is 5.11. The van der Waals surface area contributed by atoms with E-state index in [0.717, 1.165) is 31.5 Å². The number of nitrogens with zero attached hydrogens (tertiary/aromatic N) is 6. The van der Waals surface area contributed by atoms with Gasteiger partial charge in [-0.3, -0.25) is 14.2 Å². The molecule has 3 aromatic rings. The summed E-state index contributed by atoms with van der Waals surface area (Å²) in [6.07, 6.45) is 3.43. The zero-order valence-electron chi connectivity index (χ0n) is 15.3. The highest BCUT2D eigenvalue weighted by molar-refractivity contribution is 5.76. The Kier molecular flexibility index (Phi) is 4.70. The van der Waals surface area contributed by atoms with Crippen LogP contribution in [0.3, 0.4) is 0 Å². The van der Waals surface area contributed by atoms with Crippen molar-refractivity contribution in [3.63, 3.8) is 0 Å². The van der Waals surface area contributed by atoms with Crippen LogP contribution in [0.1, 0.15) is 25.3 Å². The van der Waals surface area contributed by atoms with E-state index in [2.05, 4.69) is 22.2 Å². The third kappa shape index (κ3) is 3.60. The van der Waals surface area contributed by atoms with Crippen molar-refractivity contribution in [1.29, 1.82) is 0 Å². The van der Waals surface area contributed by atoms with Crippen LogP contribution in [0.15, 0.2) is 41.5 Å². The van der Waals surface area contributed by atoms with Crippen molar-refractivity contribution in [2.45, 2.75) is 32.9 Å². The van der Waals surface area contributed by atoms with E-state index in [4.69, 9.17) is 0 Å². The minimum absolute atomic E-state index is 0.0122. The molecule has 1 aliphatic heterocycles. The molecule has 3 heterocycles. The maximum Gasteiger partial charge on any atom is 0.283 e. The predicted molar refractivity (Wildman–Crippen MR) is 100 cm³/mol. The molecule has 8 heteroatoms. The molecule has 0 N–H and O–H groups in total. The van der Waals surface area contributed by atoms with Crippen molar-refractivity contribution in [3.8, 4) is 0 Å². The minimum atomic E-state index is -0.335. The highest BCUT2D eigenvalue weighted by Gasteiger charge is 2.21. The Morgan fingerprint density at radius 3 is 2.67 bits per heavy atom. The number of carbonyl (C=O) groups excluding carboxylic acids is 1. The zero-order chi connectivity index (χ0) is 18.8. The molecular formula is C19H22N6O2. The molecule has 0 atom stereocenters. The molecule has 1 fully saturated rings. The summed E-state index contributed by atoms with van der Waals surface area (Å²) >= 11 is 0. The highest BCUT2D eigenvalue weighted by atomic mass is 16.2. The van der Waals surface area contributed by atoms with Gasteiger partial charge in [0.1, 0.15) is 12.9 Å². The van der Waals surface area contributed by atoms with Crippen molar-refractivity contribution in [1.82, 2.24) is 29.4 Å². The molecule has 0 aliphatic carbocycles. The second-order valence-electron chi connectivity index (χ2n) is 7.15. The first-order chi connectivity index (χ1) is 13.1. The van der Waals surface area contributed by atoms with E-state index in [1.165, 1.54) is 10.9 Å². The number of benzene rings is 1. The summed E-state index contributed by atoms with van der Waals surface area (Å²) in [5.41, 5.74) is 1.33. The summed E-state index contributed by atoms with van der Waals surface area (Å²) < 4.78 is 2.93. The summed E-state index contributed by atoms with van der Waals surface area (Å²) in [6, 6.07) is 9.79. The molecule has 1 aromatic carbocycles. The molecule has 0 bridgehead atoms. The van der Waals surface area contributed by atoms with Gasteiger partial charge in [-0.1, -0.05) is 42.5 Å². The van der Waals surface area contributed by atoms with Crippen LogP contribution in [0.4, 0.5) is 0 Å². The van der Waals surface area contributed by atoms with Crippen LogP contribution >= 0.6 is 0 Å². The second kappa shape index (κ2) is 7.30. The van der Waals surface area contributed by atoms with Gasteiger partial charge in [0.2, 0.25) is 5.91 Å². The fraction of sp³-hybridized carbons (Fsp3) is 0.421. The van der Waals surface area contributed by atoms with Gasteiger partial charge in [0.25, 0.3) is 5.56 Å². The van der Waals surface area contributed by atoms with Crippen LogP contribution in [0.2, 0.25) is 0 Å². The third-order valence-electron chi connectivity index (χ3n) is 5.11. The van der Waals surface area contributed by atoms with Crippen LogP contribution in [-0.2, 0) is 17.9 Å². The lowest BCUT2D eigenvalue weighted by molar-refractivity contribution is -0.133. The number of fused-ring (bicyclic) bond motifs is 1. The standard InChI is InChI=1S/C19H22N6O2/c1-14-7-9-23(10-8-14)16(26)12-24-13-20-18-17(19(24)27)21-22-25(18)11-15-5-3-2-4-6-15/h2-6,13-14H,7-12H2,1H3. The van der Waals surface area contributed by atoms with Gasteiger partial charge in [0, 0.05) is 13.1 Å².